The van der Waals surface area contributed by atoms with Gasteiger partial charge in [0.1, 0.15) is 23.1 Å². The minimum Gasteiger partial charge on any atom is -0.507 e. The molecule has 1 heterocycles. The molecular weight excluding hydrogens is 479 g/mol. The highest BCUT2D eigenvalue weighted by atomic mass is 19.4. The lowest BCUT2D eigenvalue weighted by Gasteiger charge is -2.16. The average molecular weight is 493 g/mol. The lowest BCUT2D eigenvalue weighted by molar-refractivity contribution is -0.154. The number of ether oxygens (including phenoxy) is 2. The van der Waals surface area contributed by atoms with Crippen molar-refractivity contribution in [2.45, 2.75) is 12.4 Å². The molecule has 2 aromatic rings. The SMILES string of the molecule is O=C1C(=O)N(c2ccc(OCC(F)(F)F)cc2)C/C1=C(/O)c1ccc(F)cc1OCC(F)(F)F. The molecule has 0 atom stereocenters. The fourth-order valence-electron chi connectivity index (χ4n) is 2.97. The Morgan fingerprint density at radius 1 is 0.912 bits per heavy atom. The molecule has 1 aliphatic rings. The predicted octanol–water partition coefficient (Wildman–Crippen LogP) is 4.59. The van der Waals surface area contributed by atoms with Crippen LogP contribution in [0.15, 0.2) is 48.0 Å². The maximum absolute atomic E-state index is 13.5. The summed E-state index contributed by atoms with van der Waals surface area (Å²) in [6.07, 6.45) is -9.32. The third-order valence-electron chi connectivity index (χ3n) is 4.46. The second-order valence-electron chi connectivity index (χ2n) is 6.99. The minimum atomic E-state index is -4.77. The van der Waals surface area contributed by atoms with Crippen molar-refractivity contribution in [2.24, 2.45) is 0 Å². The summed E-state index contributed by atoms with van der Waals surface area (Å²) < 4.78 is 96.8. The van der Waals surface area contributed by atoms with Gasteiger partial charge in [0.05, 0.1) is 17.7 Å². The number of hydrogen-bond donors (Lipinski definition) is 1. The number of benzene rings is 2. The van der Waals surface area contributed by atoms with Crippen molar-refractivity contribution in [1.82, 2.24) is 0 Å². The van der Waals surface area contributed by atoms with Gasteiger partial charge in [-0.1, -0.05) is 0 Å². The van der Waals surface area contributed by atoms with Crippen LogP contribution < -0.4 is 14.4 Å². The predicted molar refractivity (Wildman–Crippen MR) is 103 cm³/mol. The van der Waals surface area contributed by atoms with Crippen molar-refractivity contribution in [3.63, 3.8) is 0 Å². The van der Waals surface area contributed by atoms with E-state index in [1.165, 1.54) is 12.1 Å². The van der Waals surface area contributed by atoms with Crippen LogP contribution in [0.2, 0.25) is 0 Å². The molecule has 1 amide bonds. The number of Topliss-reactive ketones (excluding diaryl/α,β-unsaturated/α-hetero) is 1. The van der Waals surface area contributed by atoms with Gasteiger partial charge in [-0.3, -0.25) is 9.59 Å². The summed E-state index contributed by atoms with van der Waals surface area (Å²) in [5.74, 6) is -5.00. The Labute approximate surface area is 186 Å². The van der Waals surface area contributed by atoms with Gasteiger partial charge >= 0.3 is 12.4 Å². The van der Waals surface area contributed by atoms with Crippen molar-refractivity contribution in [3.8, 4) is 11.5 Å². The van der Waals surface area contributed by atoms with Crippen LogP contribution >= 0.6 is 0 Å². The molecule has 0 saturated carbocycles. The number of aliphatic hydroxyl groups excluding tert-OH is 1. The minimum absolute atomic E-state index is 0.0770. The van der Waals surface area contributed by atoms with E-state index in [1.807, 2.05) is 0 Å². The van der Waals surface area contributed by atoms with Gasteiger partial charge in [0.2, 0.25) is 0 Å². The zero-order valence-electron chi connectivity index (χ0n) is 16.8. The number of amides is 1. The Hall–Kier alpha value is -3.77. The van der Waals surface area contributed by atoms with E-state index in [0.717, 1.165) is 29.2 Å². The van der Waals surface area contributed by atoms with Crippen LogP contribution in [-0.2, 0) is 9.59 Å². The van der Waals surface area contributed by atoms with Crippen LogP contribution in [0.5, 0.6) is 11.5 Å². The molecule has 34 heavy (non-hydrogen) atoms. The van der Waals surface area contributed by atoms with E-state index in [1.54, 1.807) is 0 Å². The van der Waals surface area contributed by atoms with E-state index >= 15 is 0 Å². The van der Waals surface area contributed by atoms with Crippen LogP contribution in [0.1, 0.15) is 5.56 Å². The number of rotatable bonds is 6. The molecule has 0 radical (unpaired) electrons. The van der Waals surface area contributed by atoms with Crippen molar-refractivity contribution < 1.29 is 54.9 Å². The second-order valence-corrected chi connectivity index (χ2v) is 6.99. The Bertz CT molecular complexity index is 1120. The smallest absolute Gasteiger partial charge is 0.422 e. The number of aliphatic hydroxyl groups is 1. The Kier molecular flexibility index (Phi) is 6.75. The molecule has 13 heteroatoms. The van der Waals surface area contributed by atoms with E-state index in [2.05, 4.69) is 9.47 Å². The Morgan fingerprint density at radius 2 is 1.50 bits per heavy atom. The molecule has 2 aromatic carbocycles. The molecule has 1 saturated heterocycles. The molecule has 182 valence electrons. The number of hydrogen-bond acceptors (Lipinski definition) is 5. The molecule has 3 rings (SSSR count). The van der Waals surface area contributed by atoms with Gasteiger partial charge in [-0.05, 0) is 36.4 Å². The molecule has 6 nitrogen and oxygen atoms in total. The fraction of sp³-hybridized carbons (Fsp3) is 0.238. The molecule has 1 fully saturated rings. The molecule has 0 spiro atoms. The first-order valence-corrected chi connectivity index (χ1v) is 9.32. The first kappa shape index (κ1) is 24.9. The van der Waals surface area contributed by atoms with Crippen LogP contribution in [-0.4, -0.2) is 48.9 Å². The highest BCUT2D eigenvalue weighted by molar-refractivity contribution is 6.51. The van der Waals surface area contributed by atoms with Crippen LogP contribution in [0.25, 0.3) is 5.76 Å². The van der Waals surface area contributed by atoms with E-state index in [-0.39, 0.29) is 11.4 Å². The van der Waals surface area contributed by atoms with Crippen LogP contribution in [0.4, 0.5) is 36.4 Å². The summed E-state index contributed by atoms with van der Waals surface area (Å²) >= 11 is 0. The maximum atomic E-state index is 13.5. The summed E-state index contributed by atoms with van der Waals surface area (Å²) in [7, 11) is 0. The number of carbonyl (C=O) groups is 2. The van der Waals surface area contributed by atoms with Crippen LogP contribution in [0, 0.1) is 5.82 Å². The molecule has 1 aliphatic heterocycles. The highest BCUT2D eigenvalue weighted by Gasteiger charge is 2.38. The maximum Gasteiger partial charge on any atom is 0.422 e. The summed E-state index contributed by atoms with van der Waals surface area (Å²) in [6, 6.07) is 6.94. The lowest BCUT2D eigenvalue weighted by atomic mass is 10.1. The van der Waals surface area contributed by atoms with E-state index in [4.69, 9.17) is 0 Å². The summed E-state index contributed by atoms with van der Waals surface area (Å²) in [5.41, 5.74) is -0.862. The first-order valence-electron chi connectivity index (χ1n) is 9.32. The molecule has 0 aromatic heterocycles. The van der Waals surface area contributed by atoms with Gasteiger partial charge < -0.3 is 19.5 Å². The first-order chi connectivity index (χ1) is 15.7. The number of anilines is 1. The average Bonchev–Trinajstić information content (AvgIpc) is 3.04. The number of halogens is 7. The van der Waals surface area contributed by atoms with E-state index in [9.17, 15) is 45.4 Å². The fourth-order valence-corrected chi connectivity index (χ4v) is 2.97. The van der Waals surface area contributed by atoms with Gasteiger partial charge in [0.25, 0.3) is 11.7 Å². The number of alkyl halides is 6. The van der Waals surface area contributed by atoms with Crippen LogP contribution in [0.3, 0.4) is 0 Å². The molecule has 1 N–H and O–H groups in total. The van der Waals surface area contributed by atoms with Gasteiger partial charge in [-0.2, -0.15) is 26.3 Å². The monoisotopic (exact) mass is 493 g/mol. The zero-order chi connectivity index (χ0) is 25.3. The number of ketones is 1. The van der Waals surface area contributed by atoms with Crippen molar-refractivity contribution in [3.05, 3.63) is 59.4 Å². The second kappa shape index (κ2) is 9.23. The molecule has 0 bridgehead atoms. The summed E-state index contributed by atoms with van der Waals surface area (Å²) in [6.45, 7) is -3.85. The van der Waals surface area contributed by atoms with Gasteiger partial charge in [-0.15, -0.1) is 0 Å². The topological polar surface area (TPSA) is 76.1 Å². The third-order valence-corrected chi connectivity index (χ3v) is 4.46. The van der Waals surface area contributed by atoms with E-state index in [0.29, 0.717) is 6.07 Å². The highest BCUT2D eigenvalue weighted by Crippen LogP contribution is 2.33. The quantitative estimate of drug-likeness (QED) is 0.276. The number of nitrogens with zero attached hydrogens (tertiary/aromatic N) is 1. The van der Waals surface area contributed by atoms with Crippen molar-refractivity contribution >= 4 is 23.1 Å². The molecule has 0 unspecified atom stereocenters. The lowest BCUT2D eigenvalue weighted by Crippen LogP contribution is -2.26. The normalized spacial score (nSPS) is 16.1. The molecule has 0 aliphatic carbocycles. The number of carbonyl (C=O) groups excluding carboxylic acids is 2. The van der Waals surface area contributed by atoms with Gasteiger partial charge in [-0.25, -0.2) is 4.39 Å². The standard InChI is InChI=1S/C21H14F7NO5/c22-11-1-6-14(16(7-11)34-10-21(26,27)28)17(30)15-8-29(19(32)18(15)31)12-2-4-13(5-3-12)33-9-20(23,24)25/h1-7,30H,8-10H2/b17-15-. The third kappa shape index (κ3) is 5.97. The van der Waals surface area contributed by atoms with Gasteiger partial charge in [0.15, 0.2) is 13.2 Å². The van der Waals surface area contributed by atoms with Gasteiger partial charge in [0, 0.05) is 11.8 Å². The van der Waals surface area contributed by atoms with Crippen molar-refractivity contribution in [2.75, 3.05) is 24.7 Å². The zero-order valence-corrected chi connectivity index (χ0v) is 16.8. The largest absolute Gasteiger partial charge is 0.507 e. The summed E-state index contributed by atoms with van der Waals surface area (Å²) in [5, 5.41) is 10.5. The summed E-state index contributed by atoms with van der Waals surface area (Å²) in [4.78, 5) is 25.7. The Morgan fingerprint density at radius 3 is 2.09 bits per heavy atom. The molecular formula is C21H14F7NO5. The van der Waals surface area contributed by atoms with Crippen molar-refractivity contribution in [1.29, 1.82) is 0 Å². The Balaban J connectivity index is 1.86. The van der Waals surface area contributed by atoms with E-state index < -0.39 is 72.3 Å².